The molecule has 2 amide bonds. The molecule has 1 aliphatic rings. The first-order valence-electron chi connectivity index (χ1n) is 10.2. The van der Waals surface area contributed by atoms with Crippen molar-refractivity contribution in [3.05, 3.63) is 47.7 Å². The van der Waals surface area contributed by atoms with E-state index < -0.39 is 30.2 Å². The second kappa shape index (κ2) is 8.75. The second-order valence-corrected chi connectivity index (χ2v) is 7.85. The number of amides is 2. The monoisotopic (exact) mass is 464 g/mol. The zero-order chi connectivity index (χ0) is 23.8. The number of hydrogen-bond acceptors (Lipinski definition) is 5. The normalized spacial score (nSPS) is 15.1. The number of nitrogens with one attached hydrogen (secondary N) is 1. The molecule has 12 heteroatoms. The Morgan fingerprint density at radius 2 is 1.82 bits per heavy atom. The van der Waals surface area contributed by atoms with Crippen LogP contribution in [0.15, 0.2) is 30.6 Å². The SMILES string of the molecule is Cc1nn(-c2ncc(C(=O)NC3CCN(C(=O)CC(F)(F)F)CC3)cn2)c2cc(F)ccc12. The van der Waals surface area contributed by atoms with Crippen LogP contribution >= 0.6 is 0 Å². The van der Waals surface area contributed by atoms with Gasteiger partial charge in [-0.25, -0.2) is 14.4 Å². The quantitative estimate of drug-likeness (QED) is 0.600. The number of piperidine rings is 1. The Morgan fingerprint density at radius 3 is 2.45 bits per heavy atom. The van der Waals surface area contributed by atoms with E-state index >= 15 is 0 Å². The van der Waals surface area contributed by atoms with Crippen LogP contribution in [0, 0.1) is 12.7 Å². The first-order chi connectivity index (χ1) is 15.6. The van der Waals surface area contributed by atoms with Crippen molar-refractivity contribution >= 4 is 22.7 Å². The van der Waals surface area contributed by atoms with Crippen LogP contribution < -0.4 is 5.32 Å². The third kappa shape index (κ3) is 5.10. The third-order valence-corrected chi connectivity index (χ3v) is 5.45. The molecule has 1 aromatic carbocycles. The van der Waals surface area contributed by atoms with Crippen LogP contribution in [-0.2, 0) is 4.79 Å². The number of benzene rings is 1. The number of fused-ring (bicyclic) bond motifs is 1. The number of aromatic nitrogens is 4. The highest BCUT2D eigenvalue weighted by molar-refractivity contribution is 5.93. The van der Waals surface area contributed by atoms with Crippen molar-refractivity contribution in [3.63, 3.8) is 0 Å². The molecule has 2 aromatic heterocycles. The number of alkyl halides is 3. The van der Waals surface area contributed by atoms with Crippen LogP contribution in [-0.4, -0.2) is 61.8 Å². The molecular formula is C21H20F4N6O2. The van der Waals surface area contributed by atoms with Crippen molar-refractivity contribution < 1.29 is 27.2 Å². The predicted octanol–water partition coefficient (Wildman–Crippen LogP) is 2.94. The maximum Gasteiger partial charge on any atom is 0.397 e. The molecule has 0 unspecified atom stereocenters. The first-order valence-corrected chi connectivity index (χ1v) is 10.2. The highest BCUT2D eigenvalue weighted by Gasteiger charge is 2.34. The molecule has 3 aromatic rings. The van der Waals surface area contributed by atoms with E-state index in [9.17, 15) is 27.2 Å². The number of hydrogen-bond donors (Lipinski definition) is 1. The van der Waals surface area contributed by atoms with Crippen molar-refractivity contribution in [2.75, 3.05) is 13.1 Å². The van der Waals surface area contributed by atoms with Gasteiger partial charge in [-0.3, -0.25) is 9.59 Å². The summed E-state index contributed by atoms with van der Waals surface area (Å²) >= 11 is 0. The Hall–Kier alpha value is -3.57. The second-order valence-electron chi connectivity index (χ2n) is 7.85. The lowest BCUT2D eigenvalue weighted by molar-refractivity contribution is -0.162. The number of rotatable bonds is 4. The van der Waals surface area contributed by atoms with Crippen LogP contribution in [0.2, 0.25) is 0 Å². The average Bonchev–Trinajstić information content (AvgIpc) is 3.08. The smallest absolute Gasteiger partial charge is 0.349 e. The fraction of sp³-hybridized carbons (Fsp3) is 0.381. The minimum atomic E-state index is -4.54. The summed E-state index contributed by atoms with van der Waals surface area (Å²) in [6.07, 6.45) is -2.69. The minimum Gasteiger partial charge on any atom is -0.349 e. The lowest BCUT2D eigenvalue weighted by Gasteiger charge is -2.32. The molecule has 1 aliphatic heterocycles. The van der Waals surface area contributed by atoms with Crippen LogP contribution in [0.1, 0.15) is 35.3 Å². The van der Waals surface area contributed by atoms with E-state index in [2.05, 4.69) is 20.4 Å². The third-order valence-electron chi connectivity index (χ3n) is 5.45. The van der Waals surface area contributed by atoms with Gasteiger partial charge >= 0.3 is 6.18 Å². The maximum absolute atomic E-state index is 13.7. The summed E-state index contributed by atoms with van der Waals surface area (Å²) < 4.78 is 52.2. The van der Waals surface area contributed by atoms with Crippen molar-refractivity contribution in [3.8, 4) is 5.95 Å². The van der Waals surface area contributed by atoms with Gasteiger partial charge in [0.05, 0.1) is 16.8 Å². The van der Waals surface area contributed by atoms with Crippen LogP contribution in [0.3, 0.4) is 0 Å². The molecule has 33 heavy (non-hydrogen) atoms. The fourth-order valence-electron chi connectivity index (χ4n) is 3.77. The van der Waals surface area contributed by atoms with Gasteiger partial charge in [0.25, 0.3) is 11.9 Å². The van der Waals surface area contributed by atoms with Crippen LogP contribution in [0.5, 0.6) is 0 Å². The average molecular weight is 464 g/mol. The Balaban J connectivity index is 1.38. The number of carbonyl (C=O) groups is 2. The highest BCUT2D eigenvalue weighted by atomic mass is 19.4. The summed E-state index contributed by atoms with van der Waals surface area (Å²) in [6.45, 7) is 2.05. The molecule has 1 saturated heterocycles. The summed E-state index contributed by atoms with van der Waals surface area (Å²) in [5, 5.41) is 7.88. The maximum atomic E-state index is 13.7. The van der Waals surface area contributed by atoms with E-state index in [1.165, 1.54) is 29.2 Å². The van der Waals surface area contributed by atoms with Crippen molar-refractivity contribution in [2.24, 2.45) is 0 Å². The van der Waals surface area contributed by atoms with E-state index in [1.54, 1.807) is 13.0 Å². The highest BCUT2D eigenvalue weighted by Crippen LogP contribution is 2.23. The first kappa shape index (κ1) is 22.6. The summed E-state index contributed by atoms with van der Waals surface area (Å²) in [5.74, 6) is -1.65. The van der Waals surface area contributed by atoms with Crippen LogP contribution in [0.4, 0.5) is 17.6 Å². The van der Waals surface area contributed by atoms with E-state index in [-0.39, 0.29) is 30.6 Å². The molecule has 0 bridgehead atoms. The summed E-state index contributed by atoms with van der Waals surface area (Å²) in [5.41, 5.74) is 1.36. The molecule has 4 rings (SSSR count). The van der Waals surface area contributed by atoms with Gasteiger partial charge in [-0.1, -0.05) is 0 Å². The Bertz CT molecular complexity index is 1180. The van der Waals surface area contributed by atoms with Gasteiger partial charge in [0.15, 0.2) is 0 Å². The fourth-order valence-corrected chi connectivity index (χ4v) is 3.77. The number of aryl methyl sites for hydroxylation is 1. The van der Waals surface area contributed by atoms with E-state index in [0.717, 1.165) is 10.3 Å². The molecular weight excluding hydrogens is 444 g/mol. The van der Waals surface area contributed by atoms with Gasteiger partial charge in [-0.2, -0.15) is 23.0 Å². The van der Waals surface area contributed by atoms with Crippen molar-refractivity contribution in [2.45, 2.75) is 38.4 Å². The molecule has 0 atom stereocenters. The standard InChI is InChI=1S/C21H20F4N6O2/c1-12-16-3-2-14(22)8-17(16)31(29-12)20-26-10-13(11-27-20)19(33)28-15-4-6-30(7-5-15)18(32)9-21(23,24)25/h2-3,8,10-11,15H,4-7,9H2,1H3,(H,28,33). The minimum absolute atomic E-state index is 0.136. The molecule has 8 nitrogen and oxygen atoms in total. The van der Waals surface area contributed by atoms with Gasteiger partial charge in [-0.05, 0) is 31.9 Å². The summed E-state index contributed by atoms with van der Waals surface area (Å²) in [7, 11) is 0. The Labute approximate surface area is 185 Å². The number of nitrogens with zero attached hydrogens (tertiary/aromatic N) is 5. The lowest BCUT2D eigenvalue weighted by Crippen LogP contribution is -2.47. The van der Waals surface area contributed by atoms with E-state index in [4.69, 9.17) is 0 Å². The Morgan fingerprint density at radius 1 is 1.15 bits per heavy atom. The van der Waals surface area contributed by atoms with Gasteiger partial charge in [-0.15, -0.1) is 0 Å². The van der Waals surface area contributed by atoms with Crippen LogP contribution in [0.25, 0.3) is 16.9 Å². The lowest BCUT2D eigenvalue weighted by atomic mass is 10.0. The molecule has 1 N–H and O–H groups in total. The number of likely N-dealkylation sites (tertiary alicyclic amines) is 1. The largest absolute Gasteiger partial charge is 0.397 e. The van der Waals surface area contributed by atoms with E-state index in [0.29, 0.717) is 24.1 Å². The molecule has 1 fully saturated rings. The van der Waals surface area contributed by atoms with Crippen molar-refractivity contribution in [1.29, 1.82) is 0 Å². The summed E-state index contributed by atoms with van der Waals surface area (Å²) in [4.78, 5) is 33.7. The van der Waals surface area contributed by atoms with Gasteiger partial charge in [0, 0.05) is 43.0 Å². The van der Waals surface area contributed by atoms with Gasteiger partial charge < -0.3 is 10.2 Å². The summed E-state index contributed by atoms with van der Waals surface area (Å²) in [6, 6.07) is 4.00. The molecule has 0 radical (unpaired) electrons. The van der Waals surface area contributed by atoms with E-state index in [1.807, 2.05) is 0 Å². The topological polar surface area (TPSA) is 93.0 Å². The zero-order valence-electron chi connectivity index (χ0n) is 17.6. The van der Waals surface area contributed by atoms with Gasteiger partial charge in [0.1, 0.15) is 12.2 Å². The number of halogens is 4. The molecule has 0 aliphatic carbocycles. The molecule has 3 heterocycles. The molecule has 0 saturated carbocycles. The number of carbonyl (C=O) groups excluding carboxylic acids is 2. The van der Waals surface area contributed by atoms with Gasteiger partial charge in [0.2, 0.25) is 5.91 Å². The zero-order valence-corrected chi connectivity index (χ0v) is 17.6. The predicted molar refractivity (Wildman–Crippen MR) is 109 cm³/mol. The molecule has 174 valence electrons. The molecule has 0 spiro atoms. The Kier molecular flexibility index (Phi) is 6.00. The van der Waals surface area contributed by atoms with Crippen molar-refractivity contribution in [1.82, 2.24) is 30.0 Å².